The maximum absolute atomic E-state index is 4.42. The highest BCUT2D eigenvalue weighted by Gasteiger charge is 2.12. The van der Waals surface area contributed by atoms with Crippen molar-refractivity contribution in [1.82, 2.24) is 10.3 Å². The molecule has 1 atom stereocenters. The van der Waals surface area contributed by atoms with Crippen molar-refractivity contribution in [3.63, 3.8) is 0 Å². The van der Waals surface area contributed by atoms with Crippen molar-refractivity contribution in [3.05, 3.63) is 24.0 Å². The van der Waals surface area contributed by atoms with Gasteiger partial charge in [0.15, 0.2) is 0 Å². The van der Waals surface area contributed by atoms with Gasteiger partial charge in [-0.15, -0.1) is 0 Å². The summed E-state index contributed by atoms with van der Waals surface area (Å²) in [6, 6.07) is 4.85. The van der Waals surface area contributed by atoms with Crippen LogP contribution in [0, 0.1) is 5.92 Å². The summed E-state index contributed by atoms with van der Waals surface area (Å²) in [6.07, 6.45) is 4.28. The lowest BCUT2D eigenvalue weighted by molar-refractivity contribution is 0.504. The lowest BCUT2D eigenvalue weighted by Gasteiger charge is -2.28. The first kappa shape index (κ1) is 16.0. The summed E-state index contributed by atoms with van der Waals surface area (Å²) >= 11 is 0. The topological polar surface area (TPSA) is 28.2 Å². The number of nitrogens with zero attached hydrogens (tertiary/aromatic N) is 2. The highest BCUT2D eigenvalue weighted by Crippen LogP contribution is 2.19. The maximum Gasteiger partial charge on any atom is 0.0562 e. The first-order valence-electron chi connectivity index (χ1n) is 7.43. The number of anilines is 1. The Morgan fingerprint density at radius 3 is 2.68 bits per heavy atom. The molecule has 3 nitrogen and oxygen atoms in total. The molecule has 1 aromatic rings. The molecule has 1 heterocycles. The maximum atomic E-state index is 4.42. The van der Waals surface area contributed by atoms with Crippen molar-refractivity contribution < 1.29 is 0 Å². The normalized spacial score (nSPS) is 12.7. The fourth-order valence-electron chi connectivity index (χ4n) is 2.27. The van der Waals surface area contributed by atoms with E-state index in [4.69, 9.17) is 0 Å². The Bertz CT molecular complexity index is 363. The van der Waals surface area contributed by atoms with E-state index in [9.17, 15) is 0 Å². The zero-order chi connectivity index (χ0) is 14.3. The van der Waals surface area contributed by atoms with Gasteiger partial charge in [-0.25, -0.2) is 0 Å². The van der Waals surface area contributed by atoms with Gasteiger partial charge in [-0.1, -0.05) is 20.8 Å². The highest BCUT2D eigenvalue weighted by molar-refractivity contribution is 5.46. The molecule has 1 rings (SSSR count). The standard InChI is InChI=1S/C16H29N3/c1-6-8-17-12-15-11-16(7-9-18-15)19(5)14(4)10-13(2)3/h7,9,11,13-14,17H,6,8,10,12H2,1-5H3. The summed E-state index contributed by atoms with van der Waals surface area (Å²) in [5.74, 6) is 0.727. The second-order valence-electron chi connectivity index (χ2n) is 5.77. The molecule has 0 aromatic carbocycles. The summed E-state index contributed by atoms with van der Waals surface area (Å²) < 4.78 is 0. The monoisotopic (exact) mass is 263 g/mol. The van der Waals surface area contributed by atoms with Gasteiger partial charge in [-0.05, 0) is 44.4 Å². The summed E-state index contributed by atoms with van der Waals surface area (Å²) in [5.41, 5.74) is 2.38. The van der Waals surface area contributed by atoms with Crippen LogP contribution in [0.5, 0.6) is 0 Å². The third-order valence-corrected chi connectivity index (χ3v) is 3.41. The van der Waals surface area contributed by atoms with E-state index in [1.165, 1.54) is 12.1 Å². The molecule has 3 heteroatoms. The van der Waals surface area contributed by atoms with Crippen molar-refractivity contribution in [1.29, 1.82) is 0 Å². The largest absolute Gasteiger partial charge is 0.372 e. The minimum atomic E-state index is 0.554. The number of hydrogen-bond donors (Lipinski definition) is 1. The van der Waals surface area contributed by atoms with Crippen molar-refractivity contribution >= 4 is 5.69 Å². The summed E-state index contributed by atoms with van der Waals surface area (Å²) in [4.78, 5) is 6.78. The average molecular weight is 263 g/mol. The Hall–Kier alpha value is -1.09. The van der Waals surface area contributed by atoms with Gasteiger partial charge in [0.25, 0.3) is 0 Å². The number of hydrogen-bond acceptors (Lipinski definition) is 3. The molecule has 0 bridgehead atoms. The van der Waals surface area contributed by atoms with Crippen molar-refractivity contribution in [2.75, 3.05) is 18.5 Å². The van der Waals surface area contributed by atoms with E-state index in [0.29, 0.717) is 6.04 Å². The van der Waals surface area contributed by atoms with Crippen LogP contribution in [0.1, 0.15) is 46.2 Å². The molecule has 0 aliphatic rings. The molecule has 0 aliphatic heterocycles. The van der Waals surface area contributed by atoms with E-state index < -0.39 is 0 Å². The zero-order valence-corrected chi connectivity index (χ0v) is 13.1. The van der Waals surface area contributed by atoms with E-state index in [0.717, 1.165) is 31.1 Å². The molecule has 0 amide bonds. The van der Waals surface area contributed by atoms with Gasteiger partial charge >= 0.3 is 0 Å². The van der Waals surface area contributed by atoms with Crippen LogP contribution in [0.15, 0.2) is 18.3 Å². The van der Waals surface area contributed by atoms with Gasteiger partial charge in [-0.3, -0.25) is 4.98 Å². The summed E-state index contributed by atoms with van der Waals surface area (Å²) in [7, 11) is 2.17. The summed E-state index contributed by atoms with van der Waals surface area (Å²) in [6.45, 7) is 10.9. The van der Waals surface area contributed by atoms with Crippen molar-refractivity contribution in [2.45, 2.75) is 53.1 Å². The quantitative estimate of drug-likeness (QED) is 0.728. The van der Waals surface area contributed by atoms with Crippen LogP contribution < -0.4 is 10.2 Å². The Morgan fingerprint density at radius 2 is 2.05 bits per heavy atom. The minimum Gasteiger partial charge on any atom is -0.372 e. The second-order valence-corrected chi connectivity index (χ2v) is 5.77. The lowest BCUT2D eigenvalue weighted by atomic mass is 10.0. The van der Waals surface area contributed by atoms with Crippen molar-refractivity contribution in [3.8, 4) is 0 Å². The third-order valence-electron chi connectivity index (χ3n) is 3.41. The smallest absolute Gasteiger partial charge is 0.0562 e. The molecular formula is C16H29N3. The van der Waals surface area contributed by atoms with Crippen molar-refractivity contribution in [2.24, 2.45) is 5.92 Å². The van der Waals surface area contributed by atoms with Crippen LogP contribution in [0.3, 0.4) is 0 Å². The molecule has 19 heavy (non-hydrogen) atoms. The molecule has 1 aromatic heterocycles. The fourth-order valence-corrected chi connectivity index (χ4v) is 2.27. The van der Waals surface area contributed by atoms with Gasteiger partial charge in [-0.2, -0.15) is 0 Å². The Kier molecular flexibility index (Phi) is 6.85. The molecule has 0 spiro atoms. The predicted octanol–water partition coefficient (Wildman–Crippen LogP) is 3.45. The molecule has 0 fully saturated rings. The Labute approximate surface area is 118 Å². The first-order valence-corrected chi connectivity index (χ1v) is 7.43. The van der Waals surface area contributed by atoms with Gasteiger partial charge in [0.2, 0.25) is 0 Å². The molecule has 0 saturated carbocycles. The molecule has 1 unspecified atom stereocenters. The van der Waals surface area contributed by atoms with Crippen LogP contribution in [0.4, 0.5) is 5.69 Å². The average Bonchev–Trinajstić information content (AvgIpc) is 2.38. The van der Waals surface area contributed by atoms with Crippen LogP contribution >= 0.6 is 0 Å². The van der Waals surface area contributed by atoms with E-state index in [2.05, 4.69) is 62.1 Å². The zero-order valence-electron chi connectivity index (χ0n) is 13.1. The lowest BCUT2D eigenvalue weighted by Crippen LogP contribution is -2.30. The highest BCUT2D eigenvalue weighted by atomic mass is 15.1. The van der Waals surface area contributed by atoms with Crippen LogP contribution in [-0.2, 0) is 6.54 Å². The van der Waals surface area contributed by atoms with E-state index in [1.807, 2.05) is 6.20 Å². The van der Waals surface area contributed by atoms with Crippen LogP contribution in [0.2, 0.25) is 0 Å². The van der Waals surface area contributed by atoms with Gasteiger partial charge in [0.05, 0.1) is 5.69 Å². The number of nitrogens with one attached hydrogen (secondary N) is 1. The Morgan fingerprint density at radius 1 is 1.32 bits per heavy atom. The van der Waals surface area contributed by atoms with Gasteiger partial charge in [0.1, 0.15) is 0 Å². The number of aromatic nitrogens is 1. The van der Waals surface area contributed by atoms with E-state index >= 15 is 0 Å². The number of rotatable bonds is 8. The molecule has 108 valence electrons. The molecular weight excluding hydrogens is 234 g/mol. The third kappa shape index (κ3) is 5.60. The molecule has 0 aliphatic carbocycles. The van der Waals surface area contributed by atoms with Crippen LogP contribution in [0.25, 0.3) is 0 Å². The fraction of sp³-hybridized carbons (Fsp3) is 0.688. The molecule has 1 N–H and O–H groups in total. The second kappa shape index (κ2) is 8.16. The van der Waals surface area contributed by atoms with E-state index in [1.54, 1.807) is 0 Å². The minimum absolute atomic E-state index is 0.554. The van der Waals surface area contributed by atoms with Gasteiger partial charge < -0.3 is 10.2 Å². The predicted molar refractivity (Wildman–Crippen MR) is 83.6 cm³/mol. The molecule has 0 radical (unpaired) electrons. The van der Waals surface area contributed by atoms with E-state index in [-0.39, 0.29) is 0 Å². The number of pyridine rings is 1. The first-order chi connectivity index (χ1) is 9.04. The summed E-state index contributed by atoms with van der Waals surface area (Å²) in [5, 5.41) is 3.40. The van der Waals surface area contributed by atoms with Crippen LogP contribution in [-0.4, -0.2) is 24.6 Å². The SMILES string of the molecule is CCCNCc1cc(N(C)C(C)CC(C)C)ccn1. The molecule has 0 saturated heterocycles. The Balaban J connectivity index is 2.64. The van der Waals surface area contributed by atoms with Gasteiger partial charge in [0, 0.05) is 31.5 Å².